The summed E-state index contributed by atoms with van der Waals surface area (Å²) < 4.78 is 30.1. The number of thioether (sulfide) groups is 1. The quantitative estimate of drug-likeness (QED) is 0.206. The van der Waals surface area contributed by atoms with Crippen LogP contribution in [0.4, 0.5) is 5.69 Å². The topological polar surface area (TPSA) is 120 Å². The Morgan fingerprint density at radius 1 is 0.971 bits per heavy atom. The van der Waals surface area contributed by atoms with E-state index in [0.29, 0.717) is 22.4 Å². The Morgan fingerprint density at radius 2 is 1.59 bits per heavy atom. The Kier molecular flexibility index (Phi) is 7.06. The summed E-state index contributed by atoms with van der Waals surface area (Å²) in [5.41, 5.74) is 1.63. The van der Waals surface area contributed by atoms with Crippen molar-refractivity contribution in [2.45, 2.75) is 28.8 Å². The Balaban J connectivity index is 1.68. The molecule has 4 aromatic rings. The number of non-ortho nitro benzene ring substituents is 1. The molecule has 0 fully saturated rings. The Bertz CT molecular complexity index is 1380. The number of aromatic nitrogens is 3. The van der Waals surface area contributed by atoms with Gasteiger partial charge < -0.3 is 0 Å². The van der Waals surface area contributed by atoms with Crippen molar-refractivity contribution < 1.29 is 13.3 Å². The second-order valence-electron chi connectivity index (χ2n) is 7.38. The lowest BCUT2D eigenvalue weighted by molar-refractivity contribution is -0.384. The number of hydrogen-bond donors (Lipinski definition) is 1. The number of nitrogens with one attached hydrogen (secondary N) is 1. The van der Waals surface area contributed by atoms with E-state index in [4.69, 9.17) is 0 Å². The van der Waals surface area contributed by atoms with E-state index in [1.54, 1.807) is 41.8 Å². The molecule has 1 unspecified atom stereocenters. The van der Waals surface area contributed by atoms with Gasteiger partial charge in [-0.05, 0) is 36.8 Å². The smallest absolute Gasteiger partial charge is 0.269 e. The van der Waals surface area contributed by atoms with Gasteiger partial charge in [0, 0.05) is 23.6 Å². The average molecular weight is 496 g/mol. The zero-order valence-electron chi connectivity index (χ0n) is 18.1. The van der Waals surface area contributed by atoms with Gasteiger partial charge in [-0.3, -0.25) is 14.7 Å². The molecule has 3 aromatic carbocycles. The minimum absolute atomic E-state index is 0.0466. The summed E-state index contributed by atoms with van der Waals surface area (Å²) in [6.45, 7) is 1.68. The Hall–Kier alpha value is -3.54. The minimum Gasteiger partial charge on any atom is -0.273 e. The lowest BCUT2D eigenvalue weighted by atomic mass is 10.2. The highest BCUT2D eigenvalue weighted by Crippen LogP contribution is 2.29. The van der Waals surface area contributed by atoms with E-state index in [9.17, 15) is 18.5 Å². The van der Waals surface area contributed by atoms with Crippen molar-refractivity contribution in [3.05, 3.63) is 106 Å². The Morgan fingerprint density at radius 3 is 2.21 bits per heavy atom. The van der Waals surface area contributed by atoms with E-state index in [2.05, 4.69) is 14.9 Å². The third-order valence-electron chi connectivity index (χ3n) is 4.96. The molecule has 4 rings (SSSR count). The van der Waals surface area contributed by atoms with Crippen LogP contribution in [0.5, 0.6) is 0 Å². The maximum atomic E-state index is 12.9. The third-order valence-corrected chi connectivity index (χ3v) is 7.52. The van der Waals surface area contributed by atoms with Crippen LogP contribution in [0, 0.1) is 10.1 Å². The first kappa shape index (κ1) is 23.6. The lowest BCUT2D eigenvalue weighted by Crippen LogP contribution is -2.28. The summed E-state index contributed by atoms with van der Waals surface area (Å²) in [4.78, 5) is 10.8. The van der Waals surface area contributed by atoms with Gasteiger partial charge in [0.1, 0.15) is 0 Å². The molecule has 174 valence electrons. The van der Waals surface area contributed by atoms with E-state index in [1.165, 1.54) is 36.0 Å². The number of hydrogen-bond acceptors (Lipinski definition) is 7. The normalized spacial score (nSPS) is 12.4. The van der Waals surface area contributed by atoms with Gasteiger partial charge in [0.25, 0.3) is 5.69 Å². The van der Waals surface area contributed by atoms with Crippen LogP contribution in [0.15, 0.2) is 95.0 Å². The van der Waals surface area contributed by atoms with Crippen molar-refractivity contribution in [1.82, 2.24) is 19.5 Å². The third kappa shape index (κ3) is 5.33. The highest BCUT2D eigenvalue weighted by atomic mass is 32.2. The number of nitro groups is 1. The van der Waals surface area contributed by atoms with Crippen LogP contribution >= 0.6 is 11.8 Å². The molecule has 1 heterocycles. The fourth-order valence-corrected chi connectivity index (χ4v) is 5.43. The fraction of sp³-hybridized carbons (Fsp3) is 0.130. The van der Waals surface area contributed by atoms with Crippen LogP contribution in [0.25, 0.3) is 5.69 Å². The van der Waals surface area contributed by atoms with Gasteiger partial charge in [-0.15, -0.1) is 10.2 Å². The molecule has 0 spiro atoms. The van der Waals surface area contributed by atoms with Crippen LogP contribution in [0.1, 0.15) is 24.4 Å². The molecular formula is C23H21N5O4S2. The van der Waals surface area contributed by atoms with Crippen molar-refractivity contribution in [3.8, 4) is 5.69 Å². The molecule has 0 bridgehead atoms. The van der Waals surface area contributed by atoms with Gasteiger partial charge in [-0.1, -0.05) is 60.3 Å². The predicted molar refractivity (Wildman–Crippen MR) is 129 cm³/mol. The van der Waals surface area contributed by atoms with Crippen LogP contribution in [-0.2, 0) is 15.8 Å². The monoisotopic (exact) mass is 495 g/mol. The van der Waals surface area contributed by atoms with Crippen molar-refractivity contribution >= 4 is 27.5 Å². The molecule has 0 saturated heterocycles. The van der Waals surface area contributed by atoms with E-state index < -0.39 is 21.0 Å². The number of sulfonamides is 1. The number of rotatable bonds is 9. The first-order valence-electron chi connectivity index (χ1n) is 10.3. The van der Waals surface area contributed by atoms with Crippen LogP contribution < -0.4 is 4.72 Å². The number of nitro benzene ring substituents is 1. The fourth-order valence-electron chi connectivity index (χ4n) is 3.30. The van der Waals surface area contributed by atoms with E-state index >= 15 is 0 Å². The molecule has 34 heavy (non-hydrogen) atoms. The SMILES string of the molecule is CC(NS(=O)(=O)c1ccccc1)c1nnc(SCc2ccccc2)n1-c1ccc([N+](=O)[O-])cc1. The van der Waals surface area contributed by atoms with Gasteiger partial charge in [-0.25, -0.2) is 13.1 Å². The van der Waals surface area contributed by atoms with E-state index in [0.717, 1.165) is 5.56 Å². The molecule has 0 radical (unpaired) electrons. The summed E-state index contributed by atoms with van der Waals surface area (Å²) in [6.07, 6.45) is 0. The van der Waals surface area contributed by atoms with Crippen molar-refractivity contribution in [1.29, 1.82) is 0 Å². The molecule has 9 nitrogen and oxygen atoms in total. The maximum absolute atomic E-state index is 12.9. The Labute approximate surface area is 201 Å². The second kappa shape index (κ2) is 10.2. The first-order valence-corrected chi connectivity index (χ1v) is 12.8. The second-order valence-corrected chi connectivity index (χ2v) is 10.0. The van der Waals surface area contributed by atoms with Gasteiger partial charge in [0.05, 0.1) is 15.9 Å². The lowest BCUT2D eigenvalue weighted by Gasteiger charge is -2.16. The summed E-state index contributed by atoms with van der Waals surface area (Å²) in [7, 11) is -3.80. The molecule has 1 aromatic heterocycles. The largest absolute Gasteiger partial charge is 0.273 e. The predicted octanol–water partition coefficient (Wildman–Crippen LogP) is 4.51. The van der Waals surface area contributed by atoms with Crippen LogP contribution in [0.3, 0.4) is 0 Å². The number of nitrogens with zero attached hydrogens (tertiary/aromatic N) is 4. The molecule has 0 saturated carbocycles. The number of benzene rings is 3. The molecule has 1 atom stereocenters. The van der Waals surface area contributed by atoms with Crippen molar-refractivity contribution in [3.63, 3.8) is 0 Å². The van der Waals surface area contributed by atoms with Gasteiger partial charge in [-0.2, -0.15) is 0 Å². The summed E-state index contributed by atoms with van der Waals surface area (Å²) >= 11 is 1.44. The standard InChI is InChI=1S/C23H21N5O4S2/c1-17(26-34(31,32)21-10-6-3-7-11-21)22-24-25-23(33-16-18-8-4-2-5-9-18)27(22)19-12-14-20(15-13-19)28(29)30/h2-15,17,26H,16H2,1H3. The van der Waals surface area contributed by atoms with E-state index in [-0.39, 0.29) is 10.6 Å². The molecule has 0 aliphatic heterocycles. The van der Waals surface area contributed by atoms with Crippen molar-refractivity contribution in [2.75, 3.05) is 0 Å². The summed E-state index contributed by atoms with van der Waals surface area (Å²) in [5, 5.41) is 20.2. The summed E-state index contributed by atoms with van der Waals surface area (Å²) in [5.74, 6) is 0.986. The molecule has 11 heteroatoms. The van der Waals surface area contributed by atoms with Crippen LogP contribution in [-0.4, -0.2) is 28.1 Å². The zero-order valence-corrected chi connectivity index (χ0v) is 19.7. The first-order chi connectivity index (χ1) is 16.3. The van der Waals surface area contributed by atoms with Gasteiger partial charge in [0.15, 0.2) is 11.0 Å². The van der Waals surface area contributed by atoms with Gasteiger partial charge >= 0.3 is 0 Å². The average Bonchev–Trinajstić information content (AvgIpc) is 3.28. The highest BCUT2D eigenvalue weighted by molar-refractivity contribution is 7.98. The van der Waals surface area contributed by atoms with Crippen LogP contribution in [0.2, 0.25) is 0 Å². The molecule has 1 N–H and O–H groups in total. The maximum Gasteiger partial charge on any atom is 0.269 e. The molecule has 0 aliphatic rings. The zero-order chi connectivity index (χ0) is 24.1. The molecule has 0 amide bonds. The minimum atomic E-state index is -3.80. The molecular weight excluding hydrogens is 474 g/mol. The van der Waals surface area contributed by atoms with E-state index in [1.807, 2.05) is 30.3 Å². The summed E-state index contributed by atoms with van der Waals surface area (Å²) in [6, 6.07) is 23.1. The highest BCUT2D eigenvalue weighted by Gasteiger charge is 2.25. The molecule has 0 aliphatic carbocycles. The van der Waals surface area contributed by atoms with Crippen molar-refractivity contribution in [2.24, 2.45) is 0 Å². The van der Waals surface area contributed by atoms with Gasteiger partial charge in [0.2, 0.25) is 10.0 Å².